The molecule has 0 radical (unpaired) electrons. The summed E-state index contributed by atoms with van der Waals surface area (Å²) in [5.74, 6) is 0.195. The molecule has 7 nitrogen and oxygen atoms in total. The van der Waals surface area contributed by atoms with Crippen LogP contribution in [0.2, 0.25) is 0 Å². The van der Waals surface area contributed by atoms with E-state index in [0.717, 1.165) is 11.1 Å². The average Bonchev–Trinajstić information content (AvgIpc) is 2.85. The van der Waals surface area contributed by atoms with Crippen molar-refractivity contribution in [3.8, 4) is 11.5 Å². The zero-order valence-electron chi connectivity index (χ0n) is 20.0. The van der Waals surface area contributed by atoms with Crippen molar-refractivity contribution in [2.45, 2.75) is 50.4 Å². The zero-order chi connectivity index (χ0) is 25.4. The maximum absolute atomic E-state index is 12.9. The predicted octanol–water partition coefficient (Wildman–Crippen LogP) is 4.04. The van der Waals surface area contributed by atoms with E-state index in [2.05, 4.69) is 0 Å². The number of hydrogen-bond donors (Lipinski definition) is 4. The summed E-state index contributed by atoms with van der Waals surface area (Å²) in [4.78, 5) is 12.9. The van der Waals surface area contributed by atoms with Gasteiger partial charge in [-0.2, -0.15) is 0 Å². The van der Waals surface area contributed by atoms with Crippen LogP contribution in [0.3, 0.4) is 0 Å². The van der Waals surface area contributed by atoms with Crippen molar-refractivity contribution in [1.29, 1.82) is 0 Å². The van der Waals surface area contributed by atoms with Crippen molar-refractivity contribution in [1.82, 2.24) is 0 Å². The number of nitrogen functional groups attached to an aromatic ring is 1. The minimum atomic E-state index is -1.03. The smallest absolute Gasteiger partial charge is 0.196 e. The topological polar surface area (TPSA) is 126 Å². The second kappa shape index (κ2) is 9.33. The van der Waals surface area contributed by atoms with E-state index in [1.807, 2.05) is 61.5 Å². The van der Waals surface area contributed by atoms with E-state index in [-0.39, 0.29) is 35.3 Å². The van der Waals surface area contributed by atoms with Gasteiger partial charge >= 0.3 is 0 Å². The second-order valence-electron chi connectivity index (χ2n) is 9.67. The minimum Gasteiger partial charge on any atom is -0.507 e. The second-order valence-corrected chi connectivity index (χ2v) is 9.67. The molecule has 0 aliphatic carbocycles. The Morgan fingerprint density at radius 2 is 1.81 bits per heavy atom. The fourth-order valence-electron chi connectivity index (χ4n) is 4.75. The van der Waals surface area contributed by atoms with Crippen molar-refractivity contribution < 1.29 is 24.5 Å². The van der Waals surface area contributed by atoms with Crippen molar-refractivity contribution in [3.05, 3.63) is 99.4 Å². The third-order valence-electron chi connectivity index (χ3n) is 7.01. The van der Waals surface area contributed by atoms with E-state index >= 15 is 0 Å². The maximum Gasteiger partial charge on any atom is 0.196 e. The van der Waals surface area contributed by atoms with Gasteiger partial charge in [0, 0.05) is 36.2 Å². The lowest BCUT2D eigenvalue weighted by molar-refractivity contribution is -0.0595. The van der Waals surface area contributed by atoms with E-state index in [1.165, 1.54) is 6.07 Å². The molecule has 0 saturated heterocycles. The Hall–Kier alpha value is -3.81. The number of phenolic OH excluding ortho intramolecular Hbond substituents is 1. The van der Waals surface area contributed by atoms with Gasteiger partial charge in [-0.1, -0.05) is 42.5 Å². The van der Waals surface area contributed by atoms with Gasteiger partial charge in [0.15, 0.2) is 5.43 Å². The Bertz CT molecular complexity index is 1450. The first-order valence-electron chi connectivity index (χ1n) is 12.0. The molecule has 1 aliphatic rings. The summed E-state index contributed by atoms with van der Waals surface area (Å²) in [6.45, 7) is 1.83. The first-order chi connectivity index (χ1) is 17.2. The molecule has 0 amide bonds. The van der Waals surface area contributed by atoms with E-state index in [9.17, 15) is 20.1 Å². The Balaban J connectivity index is 1.46. The summed E-state index contributed by atoms with van der Waals surface area (Å²) in [6.07, 6.45) is -0.327. The summed E-state index contributed by atoms with van der Waals surface area (Å²) >= 11 is 0. The van der Waals surface area contributed by atoms with Gasteiger partial charge in [-0.15, -0.1) is 0 Å². The lowest BCUT2D eigenvalue weighted by atomic mass is 9.84. The molecule has 0 bridgehead atoms. The number of aryl methyl sites for hydroxylation is 1. The van der Waals surface area contributed by atoms with Crippen LogP contribution < -0.4 is 15.9 Å². The normalized spacial score (nSPS) is 20.0. The van der Waals surface area contributed by atoms with Gasteiger partial charge in [-0.3, -0.25) is 4.79 Å². The number of anilines is 1. The number of phenols is 1. The molecule has 0 fully saturated rings. The molecule has 2 heterocycles. The highest BCUT2D eigenvalue weighted by Gasteiger charge is 2.41. The quantitative estimate of drug-likeness (QED) is 0.302. The number of hydrogen-bond acceptors (Lipinski definition) is 7. The highest BCUT2D eigenvalue weighted by Crippen LogP contribution is 2.43. The van der Waals surface area contributed by atoms with Gasteiger partial charge in [0.05, 0.1) is 6.10 Å². The molecular weight excluding hydrogens is 458 g/mol. The summed E-state index contributed by atoms with van der Waals surface area (Å²) in [5, 5.41) is 32.6. The lowest BCUT2D eigenvalue weighted by Gasteiger charge is -2.40. The fourth-order valence-corrected chi connectivity index (χ4v) is 4.75. The van der Waals surface area contributed by atoms with Crippen LogP contribution in [0.15, 0.2) is 75.9 Å². The standard InChI is InChI=1S/C29H29NO6/c1-29(12-11-17-7-9-19(30)10-8-17)26(33)14-20-23(36-29)16-25-27(28(20)34)22(32)15-24(35-25)21(31)13-18-5-3-2-4-6-18/h2-10,15-16,21,26,31,33-34H,11-14,30H2,1H3/t21-,26-,29+/m1/s1. The number of aliphatic hydroxyl groups excluding tert-OH is 2. The number of fused-ring (bicyclic) bond motifs is 2. The van der Waals surface area contributed by atoms with Gasteiger partial charge in [0.2, 0.25) is 0 Å². The first-order valence-corrected chi connectivity index (χ1v) is 12.0. The molecule has 1 aliphatic heterocycles. The van der Waals surface area contributed by atoms with E-state index in [0.29, 0.717) is 29.8 Å². The fraction of sp³-hybridized carbons (Fsp3) is 0.276. The largest absolute Gasteiger partial charge is 0.507 e. The van der Waals surface area contributed by atoms with Crippen molar-refractivity contribution in [2.24, 2.45) is 0 Å². The van der Waals surface area contributed by atoms with Crippen LogP contribution in [0.4, 0.5) is 5.69 Å². The van der Waals surface area contributed by atoms with E-state index in [1.54, 1.807) is 6.07 Å². The van der Waals surface area contributed by atoms with E-state index in [4.69, 9.17) is 14.9 Å². The first kappa shape index (κ1) is 23.9. The third kappa shape index (κ3) is 4.55. The number of rotatable bonds is 6. The predicted molar refractivity (Wildman–Crippen MR) is 137 cm³/mol. The Kier molecular flexibility index (Phi) is 6.20. The summed E-state index contributed by atoms with van der Waals surface area (Å²) in [7, 11) is 0. The van der Waals surface area contributed by atoms with Crippen LogP contribution in [0.5, 0.6) is 11.5 Å². The third-order valence-corrected chi connectivity index (χ3v) is 7.01. The Morgan fingerprint density at radius 3 is 2.53 bits per heavy atom. The zero-order valence-corrected chi connectivity index (χ0v) is 20.0. The van der Waals surface area contributed by atoms with Gasteiger partial charge in [-0.05, 0) is 43.0 Å². The molecule has 0 saturated carbocycles. The lowest BCUT2D eigenvalue weighted by Crippen LogP contribution is -2.49. The summed E-state index contributed by atoms with van der Waals surface area (Å²) in [6, 6.07) is 19.7. The van der Waals surface area contributed by atoms with Crippen molar-refractivity contribution in [3.63, 3.8) is 0 Å². The monoisotopic (exact) mass is 487 g/mol. The molecule has 3 aromatic carbocycles. The van der Waals surface area contributed by atoms with Gasteiger partial charge in [0.1, 0.15) is 39.9 Å². The number of aromatic hydroxyl groups is 1. The van der Waals surface area contributed by atoms with E-state index < -0.39 is 23.2 Å². The van der Waals surface area contributed by atoms with Crippen LogP contribution in [0, 0.1) is 0 Å². The molecule has 36 heavy (non-hydrogen) atoms. The van der Waals surface area contributed by atoms with Crippen LogP contribution in [0.25, 0.3) is 11.0 Å². The molecule has 5 rings (SSSR count). The molecule has 0 spiro atoms. The molecule has 7 heteroatoms. The molecule has 1 aromatic heterocycles. The summed E-state index contributed by atoms with van der Waals surface area (Å²) < 4.78 is 12.1. The minimum absolute atomic E-state index is 0.00527. The average molecular weight is 488 g/mol. The molecule has 4 aromatic rings. The number of benzene rings is 3. The van der Waals surface area contributed by atoms with Crippen molar-refractivity contribution >= 4 is 16.7 Å². The molecule has 186 valence electrons. The molecular formula is C29H29NO6. The Morgan fingerprint density at radius 1 is 1.08 bits per heavy atom. The number of nitrogens with two attached hydrogens (primary N) is 1. The number of ether oxygens (including phenoxy) is 1. The van der Waals surface area contributed by atoms with Crippen molar-refractivity contribution in [2.75, 3.05) is 5.73 Å². The van der Waals surface area contributed by atoms with Gasteiger partial charge in [0.25, 0.3) is 0 Å². The molecule has 3 atom stereocenters. The van der Waals surface area contributed by atoms with Gasteiger partial charge in [-0.25, -0.2) is 0 Å². The van der Waals surface area contributed by atoms with Crippen LogP contribution in [-0.2, 0) is 19.3 Å². The van der Waals surface area contributed by atoms with Gasteiger partial charge < -0.3 is 30.2 Å². The highest BCUT2D eigenvalue weighted by molar-refractivity contribution is 5.87. The number of aliphatic hydroxyl groups is 2. The van der Waals surface area contributed by atoms with Crippen LogP contribution in [-0.4, -0.2) is 27.0 Å². The molecule has 5 N–H and O–H groups in total. The van der Waals surface area contributed by atoms with Crippen LogP contribution >= 0.6 is 0 Å². The Labute approximate surface area is 208 Å². The summed E-state index contributed by atoms with van der Waals surface area (Å²) in [5.41, 5.74) is 7.52. The maximum atomic E-state index is 12.9. The highest BCUT2D eigenvalue weighted by atomic mass is 16.5. The molecule has 0 unspecified atom stereocenters. The SMILES string of the molecule is C[C@@]1(CCc2ccc(N)cc2)Oc2cc3oc([C@H](O)Cc4ccccc4)cc(=O)c3c(O)c2C[C@H]1O. The van der Waals surface area contributed by atoms with Crippen LogP contribution in [0.1, 0.15) is 41.9 Å².